The highest BCUT2D eigenvalue weighted by atomic mass is 16.6. The van der Waals surface area contributed by atoms with Crippen molar-refractivity contribution in [1.82, 2.24) is 20.3 Å². The Kier molecular flexibility index (Phi) is 15.0. The Morgan fingerprint density at radius 1 is 1.08 bits per heavy atom. The van der Waals surface area contributed by atoms with Crippen LogP contribution < -0.4 is 21.6 Å². The van der Waals surface area contributed by atoms with E-state index < -0.39 is 53.3 Å². The van der Waals surface area contributed by atoms with Gasteiger partial charge in [-0.15, -0.1) is 5.10 Å². The van der Waals surface area contributed by atoms with Gasteiger partial charge in [-0.2, -0.15) is 0 Å². The van der Waals surface area contributed by atoms with Crippen LogP contribution in [-0.4, -0.2) is 78.1 Å². The molecule has 0 spiro atoms. The molecule has 0 aliphatic heterocycles. The van der Waals surface area contributed by atoms with Crippen molar-refractivity contribution in [2.45, 2.75) is 67.3 Å². The van der Waals surface area contributed by atoms with Crippen molar-refractivity contribution >= 4 is 52.5 Å². The number of amides is 1. The predicted octanol–water partition coefficient (Wildman–Crippen LogP) is 2.22. The lowest BCUT2D eigenvalue weighted by Crippen LogP contribution is -2.43. The molecular weight excluding hydrogens is 680 g/mol. The van der Waals surface area contributed by atoms with Crippen molar-refractivity contribution < 1.29 is 47.3 Å². The monoisotopic (exact) mass is 726 g/mol. The summed E-state index contributed by atoms with van der Waals surface area (Å²) in [5.74, 6) is -4.12. The molecule has 2 heterocycles. The normalized spacial score (nSPS) is 12.4. The van der Waals surface area contributed by atoms with E-state index in [1.54, 1.807) is 26.0 Å². The summed E-state index contributed by atoms with van der Waals surface area (Å²) in [5, 5.41) is 10.9. The van der Waals surface area contributed by atoms with Gasteiger partial charge < -0.3 is 39.3 Å². The van der Waals surface area contributed by atoms with Crippen molar-refractivity contribution in [2.24, 2.45) is 17.1 Å². The number of hydrogen-bond acceptors (Lipinski definition) is 15. The molecule has 17 heteroatoms. The standard InChI is InChI=1S/C35H46N6O11/c1-7-40(8-2)24-11-12-25-27(19-49-30(43)10-9-15-36)26(32(45)52-28(25)16-24)13-14-29(42)37-21-41-17-23(38-39-41)18-50-34(47)35(5,33(46)48-6)20-51-31(44)22(3)4/h11-14,16-17,22H,7-10,15,18-21,36H2,1-6H3,(H,37,42)/b14-13+. The summed E-state index contributed by atoms with van der Waals surface area (Å²) in [5.41, 5.74) is 4.62. The molecule has 0 saturated heterocycles. The zero-order chi connectivity index (χ0) is 38.4. The first-order chi connectivity index (χ1) is 24.8. The summed E-state index contributed by atoms with van der Waals surface area (Å²) < 4.78 is 27.4. The molecule has 17 nitrogen and oxygen atoms in total. The molecule has 1 aromatic carbocycles. The van der Waals surface area contributed by atoms with Crippen LogP contribution in [0.15, 0.2) is 39.7 Å². The molecule has 3 rings (SSSR count). The summed E-state index contributed by atoms with van der Waals surface area (Å²) in [6.07, 6.45) is 4.37. The molecule has 3 aromatic rings. The summed E-state index contributed by atoms with van der Waals surface area (Å²) >= 11 is 0. The first-order valence-corrected chi connectivity index (χ1v) is 16.7. The van der Waals surface area contributed by atoms with Gasteiger partial charge in [-0.3, -0.25) is 24.0 Å². The van der Waals surface area contributed by atoms with Crippen LogP contribution in [0.4, 0.5) is 5.69 Å². The molecule has 1 atom stereocenters. The highest BCUT2D eigenvalue weighted by Crippen LogP contribution is 2.27. The number of aromatic nitrogens is 3. The number of rotatable bonds is 19. The van der Waals surface area contributed by atoms with Crippen LogP contribution in [-0.2, 0) is 62.8 Å². The molecule has 52 heavy (non-hydrogen) atoms. The van der Waals surface area contributed by atoms with Crippen LogP contribution in [0, 0.1) is 11.3 Å². The minimum absolute atomic E-state index is 0.0349. The van der Waals surface area contributed by atoms with Gasteiger partial charge in [0.25, 0.3) is 0 Å². The van der Waals surface area contributed by atoms with Crippen molar-refractivity contribution in [1.29, 1.82) is 0 Å². The molecule has 0 fully saturated rings. The van der Waals surface area contributed by atoms with E-state index in [9.17, 15) is 28.8 Å². The second-order valence-corrected chi connectivity index (χ2v) is 12.1. The summed E-state index contributed by atoms with van der Waals surface area (Å²) in [6.45, 7) is 8.92. The molecule has 3 N–H and O–H groups in total. The van der Waals surface area contributed by atoms with Crippen LogP contribution in [0.3, 0.4) is 0 Å². The Bertz CT molecular complexity index is 1830. The highest BCUT2D eigenvalue weighted by Gasteiger charge is 2.46. The second kappa shape index (κ2) is 19.1. The average molecular weight is 727 g/mol. The second-order valence-electron chi connectivity index (χ2n) is 12.1. The van der Waals surface area contributed by atoms with Crippen LogP contribution >= 0.6 is 0 Å². The number of carbonyl (C=O) groups excluding carboxylic acids is 5. The van der Waals surface area contributed by atoms with Gasteiger partial charge in [0.15, 0.2) is 5.41 Å². The molecule has 0 bridgehead atoms. The average Bonchev–Trinajstić information content (AvgIpc) is 3.60. The molecule has 0 aliphatic rings. The third-order valence-corrected chi connectivity index (χ3v) is 7.94. The van der Waals surface area contributed by atoms with Crippen LogP contribution in [0.25, 0.3) is 17.0 Å². The van der Waals surface area contributed by atoms with E-state index in [2.05, 4.69) is 20.5 Å². The van der Waals surface area contributed by atoms with E-state index in [1.165, 1.54) is 23.9 Å². The number of hydrogen-bond donors (Lipinski definition) is 2. The zero-order valence-electron chi connectivity index (χ0n) is 30.3. The van der Waals surface area contributed by atoms with Gasteiger partial charge in [0, 0.05) is 48.3 Å². The number of benzene rings is 1. The van der Waals surface area contributed by atoms with Crippen LogP contribution in [0.1, 0.15) is 64.3 Å². The van der Waals surface area contributed by atoms with Crippen molar-refractivity contribution in [3.8, 4) is 0 Å². The van der Waals surface area contributed by atoms with E-state index in [1.807, 2.05) is 19.9 Å². The Morgan fingerprint density at radius 3 is 2.46 bits per heavy atom. The molecular formula is C35H46N6O11. The number of methoxy groups -OCH3 is 1. The van der Waals surface area contributed by atoms with E-state index in [4.69, 9.17) is 29.1 Å². The number of esters is 4. The maximum absolute atomic E-state index is 13.2. The molecule has 2 aromatic heterocycles. The number of nitrogens with zero attached hydrogens (tertiary/aromatic N) is 4. The lowest BCUT2D eigenvalue weighted by atomic mass is 9.92. The van der Waals surface area contributed by atoms with Gasteiger partial charge in [0.1, 0.15) is 37.8 Å². The van der Waals surface area contributed by atoms with Crippen LogP contribution in [0.2, 0.25) is 0 Å². The predicted molar refractivity (Wildman–Crippen MR) is 187 cm³/mol. The number of nitrogens with two attached hydrogens (primary N) is 1. The number of fused-ring (bicyclic) bond motifs is 1. The Balaban J connectivity index is 1.71. The van der Waals surface area contributed by atoms with Gasteiger partial charge in [-0.05, 0) is 51.9 Å². The largest absolute Gasteiger partial charge is 0.468 e. The Morgan fingerprint density at radius 2 is 1.81 bits per heavy atom. The number of nitrogens with one attached hydrogen (secondary N) is 1. The molecule has 1 unspecified atom stereocenters. The maximum atomic E-state index is 13.2. The molecule has 0 radical (unpaired) electrons. The van der Waals surface area contributed by atoms with Gasteiger partial charge in [0.05, 0.1) is 24.8 Å². The SMILES string of the molecule is CCN(CC)c1ccc2c(COC(=O)CCCN)c(/C=C/C(=O)NCn3cc(COC(=O)C(C)(COC(=O)C(C)C)C(=O)OC)nn3)c(=O)oc2c1. The highest BCUT2D eigenvalue weighted by molar-refractivity contribution is 6.00. The third kappa shape index (κ3) is 10.7. The summed E-state index contributed by atoms with van der Waals surface area (Å²) in [7, 11) is 1.09. The Hall–Kier alpha value is -5.58. The molecule has 0 aliphatic carbocycles. The quantitative estimate of drug-likeness (QED) is 0.0594. The van der Waals surface area contributed by atoms with Gasteiger partial charge >= 0.3 is 29.5 Å². The molecule has 282 valence electrons. The topological polar surface area (TPSA) is 224 Å². The third-order valence-electron chi connectivity index (χ3n) is 7.94. The van der Waals surface area contributed by atoms with Crippen molar-refractivity contribution in [3.05, 3.63) is 57.7 Å². The first kappa shape index (κ1) is 40.8. The lowest BCUT2D eigenvalue weighted by molar-refractivity contribution is -0.177. The number of anilines is 1. The smallest absolute Gasteiger partial charge is 0.343 e. The fraction of sp³-hybridized carbons (Fsp3) is 0.486. The van der Waals surface area contributed by atoms with E-state index in [0.717, 1.165) is 32.0 Å². The minimum atomic E-state index is -1.92. The van der Waals surface area contributed by atoms with E-state index >= 15 is 0 Å². The first-order valence-electron chi connectivity index (χ1n) is 16.7. The summed E-state index contributed by atoms with van der Waals surface area (Å²) in [6, 6.07) is 5.41. The lowest BCUT2D eigenvalue weighted by Gasteiger charge is -2.24. The van der Waals surface area contributed by atoms with Gasteiger partial charge in [-0.25, -0.2) is 9.48 Å². The van der Waals surface area contributed by atoms with Crippen LogP contribution in [0.5, 0.6) is 0 Å². The van der Waals surface area contributed by atoms with Crippen molar-refractivity contribution in [2.75, 3.05) is 38.3 Å². The molecule has 1 amide bonds. The summed E-state index contributed by atoms with van der Waals surface area (Å²) in [4.78, 5) is 77.5. The van der Waals surface area contributed by atoms with Crippen molar-refractivity contribution in [3.63, 3.8) is 0 Å². The Labute approximate surface area is 300 Å². The minimum Gasteiger partial charge on any atom is -0.468 e. The number of carbonyl (C=O) groups is 5. The maximum Gasteiger partial charge on any atom is 0.343 e. The number of ether oxygens (including phenoxy) is 4. The van der Waals surface area contributed by atoms with E-state index in [0.29, 0.717) is 29.5 Å². The zero-order valence-corrected chi connectivity index (χ0v) is 30.3. The van der Waals surface area contributed by atoms with Gasteiger partial charge in [0.2, 0.25) is 5.91 Å². The fourth-order valence-electron chi connectivity index (χ4n) is 4.81. The van der Waals surface area contributed by atoms with Gasteiger partial charge in [-0.1, -0.05) is 19.1 Å². The molecule has 0 saturated carbocycles. The van der Waals surface area contributed by atoms with E-state index in [-0.39, 0.29) is 37.6 Å². The fourth-order valence-corrected chi connectivity index (χ4v) is 4.81.